The number of aromatic hydroxyl groups is 1. The number of hydrogen-bond donors (Lipinski definition) is 4. The number of aliphatic imine (C=N–C) groups is 2. The van der Waals surface area contributed by atoms with Crippen molar-refractivity contribution < 1.29 is 5.11 Å². The predicted molar refractivity (Wildman–Crippen MR) is 64.6 cm³/mol. The standard InChI is InChI=1S/C10H15N5O/c1-2-6-3-4-8(16)7(5-6)14-10(13)15-9(11)12/h3-5,16H,2H2,1H3,(H6,11,12,13,14,15). The normalized spacial score (nSPS) is 11.2. The summed E-state index contributed by atoms with van der Waals surface area (Å²) in [6, 6.07) is 5.09. The zero-order chi connectivity index (χ0) is 12.1. The second-order valence-corrected chi connectivity index (χ2v) is 3.18. The monoisotopic (exact) mass is 221 g/mol. The van der Waals surface area contributed by atoms with Crippen molar-refractivity contribution >= 4 is 17.6 Å². The quantitative estimate of drug-likeness (QED) is 0.420. The number of phenols is 1. The number of guanidine groups is 2. The average Bonchev–Trinajstić information content (AvgIpc) is 2.20. The highest BCUT2D eigenvalue weighted by Crippen LogP contribution is 2.27. The Kier molecular flexibility index (Phi) is 3.71. The molecule has 0 aliphatic heterocycles. The molecule has 1 aromatic carbocycles. The molecule has 0 atom stereocenters. The van der Waals surface area contributed by atoms with Crippen LogP contribution in [0.5, 0.6) is 5.75 Å². The first-order chi connectivity index (χ1) is 7.52. The molecule has 1 aromatic rings. The van der Waals surface area contributed by atoms with E-state index in [1.165, 1.54) is 0 Å². The summed E-state index contributed by atoms with van der Waals surface area (Å²) in [5, 5.41) is 9.54. The first-order valence-electron chi connectivity index (χ1n) is 4.78. The third kappa shape index (κ3) is 3.16. The fourth-order valence-corrected chi connectivity index (χ4v) is 1.16. The van der Waals surface area contributed by atoms with Gasteiger partial charge in [0.2, 0.25) is 5.96 Å². The van der Waals surface area contributed by atoms with Gasteiger partial charge >= 0.3 is 0 Å². The molecule has 0 aliphatic rings. The molecule has 0 heterocycles. The van der Waals surface area contributed by atoms with Crippen LogP contribution in [0.1, 0.15) is 12.5 Å². The molecule has 0 aromatic heterocycles. The van der Waals surface area contributed by atoms with Gasteiger partial charge in [0.05, 0.1) is 0 Å². The van der Waals surface area contributed by atoms with Crippen molar-refractivity contribution in [2.75, 3.05) is 0 Å². The molecule has 0 amide bonds. The van der Waals surface area contributed by atoms with Gasteiger partial charge in [-0.3, -0.25) is 0 Å². The predicted octanol–water partition coefficient (Wildman–Crippen LogP) is 0.174. The van der Waals surface area contributed by atoms with Gasteiger partial charge in [-0.2, -0.15) is 4.99 Å². The number of aryl methyl sites for hydroxylation is 1. The minimum Gasteiger partial charge on any atom is -0.506 e. The van der Waals surface area contributed by atoms with E-state index in [2.05, 4.69) is 9.98 Å². The largest absolute Gasteiger partial charge is 0.506 e. The van der Waals surface area contributed by atoms with Crippen LogP contribution in [0.3, 0.4) is 0 Å². The lowest BCUT2D eigenvalue weighted by Crippen LogP contribution is -2.26. The summed E-state index contributed by atoms with van der Waals surface area (Å²) in [6.45, 7) is 2.00. The molecule has 0 unspecified atom stereocenters. The summed E-state index contributed by atoms with van der Waals surface area (Å²) in [7, 11) is 0. The van der Waals surface area contributed by atoms with Crippen LogP contribution < -0.4 is 17.2 Å². The molecule has 6 nitrogen and oxygen atoms in total. The van der Waals surface area contributed by atoms with Gasteiger partial charge in [-0.05, 0) is 24.1 Å². The smallest absolute Gasteiger partial charge is 0.223 e. The fourth-order valence-electron chi connectivity index (χ4n) is 1.16. The van der Waals surface area contributed by atoms with Crippen LogP contribution in [0.15, 0.2) is 28.2 Å². The van der Waals surface area contributed by atoms with Crippen molar-refractivity contribution in [2.24, 2.45) is 27.2 Å². The average molecular weight is 221 g/mol. The summed E-state index contributed by atoms with van der Waals surface area (Å²) < 4.78 is 0. The Balaban J connectivity index is 3.08. The number of benzene rings is 1. The molecule has 0 bridgehead atoms. The third-order valence-electron chi connectivity index (χ3n) is 1.93. The molecule has 0 aliphatic carbocycles. The fraction of sp³-hybridized carbons (Fsp3) is 0.200. The first-order valence-corrected chi connectivity index (χ1v) is 4.78. The number of rotatable bonds is 2. The number of phenolic OH excluding ortho intramolecular Hbond substituents is 1. The molecule has 0 saturated carbocycles. The van der Waals surface area contributed by atoms with E-state index in [0.29, 0.717) is 5.69 Å². The Hall–Kier alpha value is -2.24. The molecule has 1 rings (SSSR count). The Morgan fingerprint density at radius 3 is 2.56 bits per heavy atom. The van der Waals surface area contributed by atoms with Crippen molar-refractivity contribution in [3.8, 4) is 5.75 Å². The topological polar surface area (TPSA) is 123 Å². The molecule has 0 radical (unpaired) electrons. The third-order valence-corrected chi connectivity index (χ3v) is 1.93. The Labute approximate surface area is 93.5 Å². The first kappa shape index (κ1) is 11.8. The number of nitrogens with zero attached hydrogens (tertiary/aromatic N) is 2. The van der Waals surface area contributed by atoms with Gasteiger partial charge in [-0.25, -0.2) is 4.99 Å². The highest BCUT2D eigenvalue weighted by atomic mass is 16.3. The van der Waals surface area contributed by atoms with Crippen LogP contribution in [0.4, 0.5) is 5.69 Å². The van der Waals surface area contributed by atoms with E-state index < -0.39 is 0 Å². The van der Waals surface area contributed by atoms with Crippen molar-refractivity contribution in [2.45, 2.75) is 13.3 Å². The van der Waals surface area contributed by atoms with Crippen molar-refractivity contribution in [3.63, 3.8) is 0 Å². The van der Waals surface area contributed by atoms with Crippen LogP contribution >= 0.6 is 0 Å². The van der Waals surface area contributed by atoms with E-state index >= 15 is 0 Å². The highest BCUT2D eigenvalue weighted by molar-refractivity contribution is 5.93. The van der Waals surface area contributed by atoms with Crippen LogP contribution in [-0.2, 0) is 6.42 Å². The molecule has 0 fully saturated rings. The second-order valence-electron chi connectivity index (χ2n) is 3.18. The van der Waals surface area contributed by atoms with Crippen LogP contribution in [0, 0.1) is 0 Å². The molecular weight excluding hydrogens is 206 g/mol. The number of hydrogen-bond acceptors (Lipinski definition) is 2. The Morgan fingerprint density at radius 2 is 2.00 bits per heavy atom. The van der Waals surface area contributed by atoms with E-state index in [1.54, 1.807) is 12.1 Å². The van der Waals surface area contributed by atoms with E-state index in [1.807, 2.05) is 13.0 Å². The molecular formula is C10H15N5O. The van der Waals surface area contributed by atoms with Crippen LogP contribution in [-0.4, -0.2) is 17.0 Å². The zero-order valence-electron chi connectivity index (χ0n) is 9.01. The Bertz CT molecular complexity index is 435. The molecule has 0 spiro atoms. The minimum atomic E-state index is -0.174. The second kappa shape index (κ2) is 5.01. The van der Waals surface area contributed by atoms with Crippen LogP contribution in [0.2, 0.25) is 0 Å². The van der Waals surface area contributed by atoms with Gasteiger partial charge in [-0.1, -0.05) is 13.0 Å². The summed E-state index contributed by atoms with van der Waals surface area (Å²) in [5.41, 5.74) is 17.1. The lowest BCUT2D eigenvalue weighted by atomic mass is 10.1. The van der Waals surface area contributed by atoms with Gasteiger partial charge in [0, 0.05) is 0 Å². The molecule has 16 heavy (non-hydrogen) atoms. The van der Waals surface area contributed by atoms with Gasteiger partial charge < -0.3 is 22.3 Å². The van der Waals surface area contributed by atoms with Gasteiger partial charge in [0.15, 0.2) is 5.96 Å². The van der Waals surface area contributed by atoms with E-state index in [-0.39, 0.29) is 17.7 Å². The van der Waals surface area contributed by atoms with Crippen molar-refractivity contribution in [3.05, 3.63) is 23.8 Å². The maximum Gasteiger partial charge on any atom is 0.223 e. The highest BCUT2D eigenvalue weighted by Gasteiger charge is 2.01. The summed E-state index contributed by atoms with van der Waals surface area (Å²) in [5.74, 6) is -0.234. The molecule has 0 saturated heterocycles. The molecule has 6 heteroatoms. The minimum absolute atomic E-state index is 0.0333. The maximum atomic E-state index is 9.54. The number of nitrogens with two attached hydrogens (primary N) is 3. The lowest BCUT2D eigenvalue weighted by Gasteiger charge is -2.02. The van der Waals surface area contributed by atoms with Gasteiger partial charge in [0.1, 0.15) is 11.4 Å². The van der Waals surface area contributed by atoms with Gasteiger partial charge in [0.25, 0.3) is 0 Å². The van der Waals surface area contributed by atoms with Gasteiger partial charge in [-0.15, -0.1) is 0 Å². The zero-order valence-corrected chi connectivity index (χ0v) is 9.01. The van der Waals surface area contributed by atoms with Crippen molar-refractivity contribution in [1.29, 1.82) is 0 Å². The summed E-state index contributed by atoms with van der Waals surface area (Å²) in [6.07, 6.45) is 0.838. The van der Waals surface area contributed by atoms with E-state index in [0.717, 1.165) is 12.0 Å². The van der Waals surface area contributed by atoms with Crippen LogP contribution in [0.25, 0.3) is 0 Å². The Morgan fingerprint density at radius 1 is 1.31 bits per heavy atom. The maximum absolute atomic E-state index is 9.54. The summed E-state index contributed by atoms with van der Waals surface area (Å²) >= 11 is 0. The SMILES string of the molecule is CCc1ccc(O)c(N=C(N)N=C(N)N)c1. The van der Waals surface area contributed by atoms with Crippen molar-refractivity contribution in [1.82, 2.24) is 0 Å². The molecule has 7 N–H and O–H groups in total. The molecule has 86 valence electrons. The lowest BCUT2D eigenvalue weighted by molar-refractivity contribution is 0.476. The summed E-state index contributed by atoms with van der Waals surface area (Å²) in [4.78, 5) is 7.46. The van der Waals surface area contributed by atoms with E-state index in [9.17, 15) is 5.11 Å². The van der Waals surface area contributed by atoms with E-state index in [4.69, 9.17) is 17.2 Å².